The molecule has 0 spiro atoms. The molecule has 5 rings (SSSR count). The van der Waals surface area contributed by atoms with Crippen molar-refractivity contribution in [1.82, 2.24) is 24.7 Å². The number of para-hydroxylation sites is 1. The smallest absolute Gasteiger partial charge is 0.262 e. The van der Waals surface area contributed by atoms with Crippen LogP contribution in [0.15, 0.2) is 60.8 Å². The van der Waals surface area contributed by atoms with E-state index in [0.717, 1.165) is 69.9 Å². The van der Waals surface area contributed by atoms with Gasteiger partial charge in [-0.15, -0.1) is 0 Å². The Balaban J connectivity index is 1.32. The number of anilines is 3. The van der Waals surface area contributed by atoms with Crippen LogP contribution in [0.4, 0.5) is 21.7 Å². The van der Waals surface area contributed by atoms with Crippen LogP contribution in [-0.4, -0.2) is 110 Å². The number of piperazine rings is 1. The fraction of sp³-hybridized carbons (Fsp3) is 0.425. The standard InChI is InChI=1S/C40H52FN7O5/c1-7-47(8-2)22-24-51-31-14-16-35(36(26-31)50-6)53-39-32(38(49)44-37-28(3)11-9-12-29(37)4)27-42-40(45-39)43-30-13-15-34(33(41)25-30)52-23-10-17-48-20-18-46(5)19-21-48/h9,11-16,25-27H,7-8,10,17-24H2,1-6H3,(H,44,49)(H,42,43,45). The molecule has 1 aliphatic rings. The van der Waals surface area contributed by atoms with Crippen LogP contribution in [0.2, 0.25) is 0 Å². The van der Waals surface area contributed by atoms with Gasteiger partial charge in [-0.05, 0) is 75.8 Å². The average molecular weight is 730 g/mol. The number of nitrogens with zero attached hydrogens (tertiary/aromatic N) is 5. The summed E-state index contributed by atoms with van der Waals surface area (Å²) in [5.41, 5.74) is 2.98. The number of rotatable bonds is 18. The Kier molecular flexibility index (Phi) is 14.2. The van der Waals surface area contributed by atoms with Crippen molar-refractivity contribution < 1.29 is 28.1 Å². The fourth-order valence-corrected chi connectivity index (χ4v) is 5.98. The van der Waals surface area contributed by atoms with Gasteiger partial charge < -0.3 is 44.3 Å². The first-order chi connectivity index (χ1) is 25.7. The molecule has 0 atom stereocenters. The van der Waals surface area contributed by atoms with Crippen molar-refractivity contribution in [3.05, 3.63) is 83.3 Å². The summed E-state index contributed by atoms with van der Waals surface area (Å²) in [7, 11) is 3.66. The number of halogens is 1. The van der Waals surface area contributed by atoms with Crippen molar-refractivity contribution in [2.75, 3.05) is 90.4 Å². The maximum Gasteiger partial charge on any atom is 0.262 e. The van der Waals surface area contributed by atoms with Gasteiger partial charge in [0.05, 0.1) is 13.7 Å². The van der Waals surface area contributed by atoms with Gasteiger partial charge >= 0.3 is 0 Å². The summed E-state index contributed by atoms with van der Waals surface area (Å²) in [4.78, 5) is 29.6. The molecule has 3 aromatic carbocycles. The normalized spacial score (nSPS) is 13.5. The summed E-state index contributed by atoms with van der Waals surface area (Å²) < 4.78 is 38.8. The van der Waals surface area contributed by atoms with Crippen molar-refractivity contribution in [3.8, 4) is 28.9 Å². The molecule has 0 bridgehead atoms. The first kappa shape index (κ1) is 39.2. The van der Waals surface area contributed by atoms with E-state index in [1.165, 1.54) is 19.4 Å². The van der Waals surface area contributed by atoms with Crippen molar-refractivity contribution >= 4 is 23.2 Å². The van der Waals surface area contributed by atoms with E-state index in [4.69, 9.17) is 18.9 Å². The van der Waals surface area contributed by atoms with Gasteiger partial charge in [-0.1, -0.05) is 32.0 Å². The Labute approximate surface area is 312 Å². The minimum atomic E-state index is -0.514. The Morgan fingerprint density at radius 1 is 0.925 bits per heavy atom. The predicted molar refractivity (Wildman–Crippen MR) is 206 cm³/mol. The first-order valence-corrected chi connectivity index (χ1v) is 18.2. The lowest BCUT2D eigenvalue weighted by Gasteiger charge is -2.32. The van der Waals surface area contributed by atoms with Gasteiger partial charge in [-0.2, -0.15) is 4.98 Å². The molecule has 0 radical (unpaired) electrons. The number of nitrogens with one attached hydrogen (secondary N) is 2. The van der Waals surface area contributed by atoms with E-state index in [0.29, 0.717) is 41.8 Å². The monoisotopic (exact) mass is 729 g/mol. The molecule has 1 amide bonds. The van der Waals surface area contributed by atoms with Crippen LogP contribution in [0.5, 0.6) is 28.9 Å². The second-order valence-corrected chi connectivity index (χ2v) is 13.0. The lowest BCUT2D eigenvalue weighted by atomic mass is 10.1. The zero-order chi connectivity index (χ0) is 37.7. The van der Waals surface area contributed by atoms with Gasteiger partial charge in [0, 0.05) is 69.0 Å². The van der Waals surface area contributed by atoms with Gasteiger partial charge in [0.1, 0.15) is 17.9 Å². The number of aryl methyl sites for hydroxylation is 2. The molecule has 0 unspecified atom stereocenters. The molecule has 53 heavy (non-hydrogen) atoms. The maximum absolute atomic E-state index is 15.1. The largest absolute Gasteiger partial charge is 0.493 e. The molecular formula is C40H52FN7O5. The van der Waals surface area contributed by atoms with E-state index in [-0.39, 0.29) is 23.1 Å². The number of aromatic nitrogens is 2. The molecule has 284 valence electrons. The number of amides is 1. The van der Waals surface area contributed by atoms with Crippen LogP contribution in [0.1, 0.15) is 41.8 Å². The molecule has 4 aromatic rings. The topological polar surface area (TPSA) is 114 Å². The Morgan fingerprint density at radius 2 is 1.66 bits per heavy atom. The molecule has 13 heteroatoms. The Hall–Kier alpha value is -4.98. The van der Waals surface area contributed by atoms with E-state index in [1.54, 1.807) is 30.3 Å². The molecule has 2 heterocycles. The lowest BCUT2D eigenvalue weighted by molar-refractivity contribution is 0.102. The van der Waals surface area contributed by atoms with E-state index in [9.17, 15) is 4.79 Å². The van der Waals surface area contributed by atoms with Gasteiger partial charge in [0.2, 0.25) is 11.8 Å². The molecule has 1 aliphatic heterocycles. The number of carbonyl (C=O) groups is 1. The van der Waals surface area contributed by atoms with E-state index in [1.807, 2.05) is 32.0 Å². The highest BCUT2D eigenvalue weighted by atomic mass is 19.1. The zero-order valence-electron chi connectivity index (χ0n) is 31.7. The van der Waals surface area contributed by atoms with Crippen molar-refractivity contribution in [1.29, 1.82) is 0 Å². The fourth-order valence-electron chi connectivity index (χ4n) is 5.98. The van der Waals surface area contributed by atoms with Crippen LogP contribution in [0, 0.1) is 19.7 Å². The van der Waals surface area contributed by atoms with Gasteiger partial charge in [0.25, 0.3) is 5.91 Å². The number of likely N-dealkylation sites (N-methyl/N-ethyl adjacent to an activating group) is 2. The third kappa shape index (κ3) is 11.0. The number of methoxy groups -OCH3 is 1. The Bertz CT molecular complexity index is 1790. The van der Waals surface area contributed by atoms with E-state index >= 15 is 4.39 Å². The van der Waals surface area contributed by atoms with Gasteiger partial charge in [0.15, 0.2) is 23.1 Å². The van der Waals surface area contributed by atoms with Crippen LogP contribution < -0.4 is 29.6 Å². The van der Waals surface area contributed by atoms with Crippen LogP contribution >= 0.6 is 0 Å². The first-order valence-electron chi connectivity index (χ1n) is 18.2. The third-order valence-electron chi connectivity index (χ3n) is 9.29. The quantitative estimate of drug-likeness (QED) is 0.106. The van der Waals surface area contributed by atoms with Crippen molar-refractivity contribution in [2.24, 2.45) is 0 Å². The molecule has 2 N–H and O–H groups in total. The highest BCUT2D eigenvalue weighted by Gasteiger charge is 2.21. The molecule has 12 nitrogen and oxygen atoms in total. The Morgan fingerprint density at radius 3 is 2.36 bits per heavy atom. The van der Waals surface area contributed by atoms with Crippen LogP contribution in [0.3, 0.4) is 0 Å². The van der Waals surface area contributed by atoms with Crippen LogP contribution in [0.25, 0.3) is 0 Å². The third-order valence-corrected chi connectivity index (χ3v) is 9.29. The summed E-state index contributed by atoms with van der Waals surface area (Å²) >= 11 is 0. The summed E-state index contributed by atoms with van der Waals surface area (Å²) in [6.07, 6.45) is 2.18. The summed E-state index contributed by atoms with van der Waals surface area (Å²) in [5, 5.41) is 6.01. The second-order valence-electron chi connectivity index (χ2n) is 13.0. The summed E-state index contributed by atoms with van der Waals surface area (Å²) in [6.45, 7) is 16.8. The number of ether oxygens (including phenoxy) is 4. The van der Waals surface area contributed by atoms with Gasteiger partial charge in [-0.25, -0.2) is 9.37 Å². The number of hydrogen-bond donors (Lipinski definition) is 2. The number of hydrogen-bond acceptors (Lipinski definition) is 11. The molecular weight excluding hydrogens is 677 g/mol. The molecule has 1 aromatic heterocycles. The molecule has 0 saturated carbocycles. The van der Waals surface area contributed by atoms with Crippen molar-refractivity contribution in [3.63, 3.8) is 0 Å². The molecule has 1 saturated heterocycles. The minimum absolute atomic E-state index is 0.0273. The molecule has 1 fully saturated rings. The van der Waals surface area contributed by atoms with Gasteiger partial charge in [-0.3, -0.25) is 4.79 Å². The summed E-state index contributed by atoms with van der Waals surface area (Å²) in [5.74, 6) is 0.586. The van der Waals surface area contributed by atoms with E-state index in [2.05, 4.69) is 56.2 Å². The van der Waals surface area contributed by atoms with Crippen LogP contribution in [-0.2, 0) is 0 Å². The molecule has 0 aliphatic carbocycles. The zero-order valence-corrected chi connectivity index (χ0v) is 31.7. The maximum atomic E-state index is 15.1. The number of carbonyl (C=O) groups excluding carboxylic acids is 1. The number of benzene rings is 3. The average Bonchev–Trinajstić information content (AvgIpc) is 3.15. The minimum Gasteiger partial charge on any atom is -0.493 e. The van der Waals surface area contributed by atoms with E-state index < -0.39 is 11.7 Å². The second kappa shape index (κ2) is 19.2. The highest BCUT2D eigenvalue weighted by Crippen LogP contribution is 2.36. The van der Waals surface area contributed by atoms with Crippen molar-refractivity contribution in [2.45, 2.75) is 34.1 Å². The SMILES string of the molecule is CCN(CC)CCOc1ccc(Oc2nc(Nc3ccc(OCCCN4CCN(C)CC4)c(F)c3)ncc2C(=O)Nc2c(C)cccc2C)c(OC)c1. The predicted octanol–water partition coefficient (Wildman–Crippen LogP) is 6.77. The summed E-state index contributed by atoms with van der Waals surface area (Å²) in [6, 6.07) is 15.6. The highest BCUT2D eigenvalue weighted by molar-refractivity contribution is 6.06. The lowest BCUT2D eigenvalue weighted by Crippen LogP contribution is -2.44.